The van der Waals surface area contributed by atoms with Crippen molar-refractivity contribution in [1.29, 1.82) is 0 Å². The normalized spacial score (nSPS) is 11.1. The van der Waals surface area contributed by atoms with Gasteiger partial charge in [0.25, 0.3) is 0 Å². The largest absolute Gasteiger partial charge is 0.356 e. The van der Waals surface area contributed by atoms with E-state index in [0.29, 0.717) is 0 Å². The third kappa shape index (κ3) is 6.14. The van der Waals surface area contributed by atoms with Gasteiger partial charge in [-0.05, 0) is 31.9 Å². The first-order valence-electron chi connectivity index (χ1n) is 8.07. The average molecular weight is 441 g/mol. The SMILES string of the molecule is CN=C(NCCCn1nc(C)cc1C)N(C)Cc1ccccc1.I. The fraction of sp³-hybridized carbons (Fsp3) is 0.444. The second-order valence-electron chi connectivity index (χ2n) is 5.82. The van der Waals surface area contributed by atoms with E-state index in [-0.39, 0.29) is 24.0 Å². The van der Waals surface area contributed by atoms with Crippen molar-refractivity contribution in [2.24, 2.45) is 4.99 Å². The second-order valence-corrected chi connectivity index (χ2v) is 5.82. The van der Waals surface area contributed by atoms with Gasteiger partial charge in [0.05, 0.1) is 5.69 Å². The molecule has 6 heteroatoms. The van der Waals surface area contributed by atoms with Crippen molar-refractivity contribution >= 4 is 29.9 Å². The van der Waals surface area contributed by atoms with Crippen LogP contribution in [0.3, 0.4) is 0 Å². The molecule has 0 spiro atoms. The molecular weight excluding hydrogens is 413 g/mol. The van der Waals surface area contributed by atoms with Gasteiger partial charge in [-0.1, -0.05) is 30.3 Å². The number of aryl methyl sites for hydroxylation is 3. The lowest BCUT2D eigenvalue weighted by atomic mass is 10.2. The van der Waals surface area contributed by atoms with Crippen LogP contribution in [0.15, 0.2) is 41.4 Å². The zero-order valence-corrected chi connectivity index (χ0v) is 17.3. The van der Waals surface area contributed by atoms with Gasteiger partial charge in [-0.15, -0.1) is 24.0 Å². The van der Waals surface area contributed by atoms with Gasteiger partial charge >= 0.3 is 0 Å². The molecule has 2 rings (SSSR count). The maximum absolute atomic E-state index is 4.49. The average Bonchev–Trinajstić information content (AvgIpc) is 2.86. The summed E-state index contributed by atoms with van der Waals surface area (Å²) in [4.78, 5) is 6.50. The number of hydrogen-bond donors (Lipinski definition) is 1. The first-order valence-corrected chi connectivity index (χ1v) is 8.07. The van der Waals surface area contributed by atoms with Gasteiger partial charge in [0, 0.05) is 39.4 Å². The Morgan fingerprint density at radius 3 is 2.54 bits per heavy atom. The molecule has 0 bridgehead atoms. The summed E-state index contributed by atoms with van der Waals surface area (Å²) in [7, 11) is 3.88. The van der Waals surface area contributed by atoms with Crippen LogP contribution in [0.1, 0.15) is 23.4 Å². The zero-order chi connectivity index (χ0) is 16.7. The fourth-order valence-corrected chi connectivity index (χ4v) is 2.65. The van der Waals surface area contributed by atoms with Crippen molar-refractivity contribution in [3.63, 3.8) is 0 Å². The molecule has 5 nitrogen and oxygen atoms in total. The predicted molar refractivity (Wildman–Crippen MR) is 111 cm³/mol. The van der Waals surface area contributed by atoms with E-state index in [2.05, 4.69) is 69.3 Å². The van der Waals surface area contributed by atoms with Gasteiger partial charge in [-0.2, -0.15) is 5.10 Å². The van der Waals surface area contributed by atoms with Crippen LogP contribution in [0.4, 0.5) is 0 Å². The summed E-state index contributed by atoms with van der Waals surface area (Å²) in [5.41, 5.74) is 3.57. The highest BCUT2D eigenvalue weighted by atomic mass is 127. The van der Waals surface area contributed by atoms with E-state index >= 15 is 0 Å². The number of aromatic nitrogens is 2. The van der Waals surface area contributed by atoms with Gasteiger partial charge < -0.3 is 10.2 Å². The number of hydrogen-bond acceptors (Lipinski definition) is 2. The molecule has 24 heavy (non-hydrogen) atoms. The third-order valence-corrected chi connectivity index (χ3v) is 3.77. The molecule has 1 N–H and O–H groups in total. The van der Waals surface area contributed by atoms with Crippen LogP contribution < -0.4 is 5.32 Å². The summed E-state index contributed by atoms with van der Waals surface area (Å²) >= 11 is 0. The first kappa shape index (κ1) is 20.5. The summed E-state index contributed by atoms with van der Waals surface area (Å²) in [6.45, 7) is 6.77. The molecule has 132 valence electrons. The molecule has 0 amide bonds. The number of benzene rings is 1. The minimum Gasteiger partial charge on any atom is -0.356 e. The monoisotopic (exact) mass is 441 g/mol. The fourth-order valence-electron chi connectivity index (χ4n) is 2.65. The molecule has 0 fully saturated rings. The molecule has 1 aromatic heterocycles. The van der Waals surface area contributed by atoms with Crippen LogP contribution in [0.5, 0.6) is 0 Å². The number of halogens is 1. The highest BCUT2D eigenvalue weighted by Gasteiger charge is 2.06. The molecule has 1 aromatic carbocycles. The lowest BCUT2D eigenvalue weighted by molar-refractivity contribution is 0.470. The van der Waals surface area contributed by atoms with Crippen molar-refractivity contribution in [2.45, 2.75) is 33.4 Å². The molecule has 0 saturated carbocycles. The Labute approximate surface area is 162 Å². The van der Waals surface area contributed by atoms with E-state index < -0.39 is 0 Å². The number of aliphatic imine (C=N–C) groups is 1. The molecule has 0 saturated heterocycles. The molecule has 0 radical (unpaired) electrons. The summed E-state index contributed by atoms with van der Waals surface area (Å²) in [6.07, 6.45) is 1.01. The quantitative estimate of drug-likeness (QED) is 0.324. The summed E-state index contributed by atoms with van der Waals surface area (Å²) in [6, 6.07) is 12.5. The van der Waals surface area contributed by atoms with Crippen molar-refractivity contribution in [3.05, 3.63) is 53.3 Å². The predicted octanol–water partition coefficient (Wildman–Crippen LogP) is 3.22. The molecule has 2 aromatic rings. The standard InChI is InChI=1S/C18H27N5.HI/c1-15-13-16(2)23(21-15)12-8-11-20-18(19-3)22(4)14-17-9-6-5-7-10-17;/h5-7,9-10,13H,8,11-12,14H2,1-4H3,(H,19,20);1H. The summed E-state index contributed by atoms with van der Waals surface area (Å²) < 4.78 is 2.06. The molecule has 0 unspecified atom stereocenters. The van der Waals surface area contributed by atoms with Crippen LogP contribution in [-0.4, -0.2) is 41.3 Å². The van der Waals surface area contributed by atoms with Gasteiger partial charge in [-0.25, -0.2) is 0 Å². The number of nitrogens with one attached hydrogen (secondary N) is 1. The van der Waals surface area contributed by atoms with Crippen LogP contribution in [0, 0.1) is 13.8 Å². The Morgan fingerprint density at radius 2 is 1.96 bits per heavy atom. The smallest absolute Gasteiger partial charge is 0.193 e. The van der Waals surface area contributed by atoms with E-state index in [9.17, 15) is 0 Å². The van der Waals surface area contributed by atoms with Crippen LogP contribution in [0.2, 0.25) is 0 Å². The van der Waals surface area contributed by atoms with Crippen LogP contribution in [0.25, 0.3) is 0 Å². The second kappa shape index (κ2) is 10.3. The maximum atomic E-state index is 4.49. The topological polar surface area (TPSA) is 45.5 Å². The maximum Gasteiger partial charge on any atom is 0.193 e. The highest BCUT2D eigenvalue weighted by Crippen LogP contribution is 2.04. The van der Waals surface area contributed by atoms with Crippen molar-refractivity contribution < 1.29 is 0 Å². The number of rotatable bonds is 6. The Balaban J connectivity index is 0.00000288. The van der Waals surface area contributed by atoms with Crippen molar-refractivity contribution in [1.82, 2.24) is 20.0 Å². The zero-order valence-electron chi connectivity index (χ0n) is 15.0. The van der Waals surface area contributed by atoms with Gasteiger partial charge in [-0.3, -0.25) is 9.67 Å². The Bertz CT molecular complexity index is 636. The molecule has 0 aliphatic rings. The van der Waals surface area contributed by atoms with E-state index in [1.54, 1.807) is 0 Å². The number of nitrogens with zero attached hydrogens (tertiary/aromatic N) is 4. The highest BCUT2D eigenvalue weighted by molar-refractivity contribution is 14.0. The van der Waals surface area contributed by atoms with Crippen molar-refractivity contribution in [3.8, 4) is 0 Å². The molecule has 0 aliphatic heterocycles. The summed E-state index contributed by atoms with van der Waals surface area (Å²) in [5.74, 6) is 0.919. The Morgan fingerprint density at radius 1 is 1.25 bits per heavy atom. The van der Waals surface area contributed by atoms with Crippen LogP contribution in [-0.2, 0) is 13.1 Å². The minimum absolute atomic E-state index is 0. The molecule has 0 aliphatic carbocycles. The number of guanidine groups is 1. The lowest BCUT2D eigenvalue weighted by Gasteiger charge is -2.22. The van der Waals surface area contributed by atoms with Gasteiger partial charge in [0.1, 0.15) is 0 Å². The summed E-state index contributed by atoms with van der Waals surface area (Å²) in [5, 5.41) is 7.91. The van der Waals surface area contributed by atoms with E-state index in [0.717, 1.165) is 37.7 Å². The minimum atomic E-state index is 0. The molecular formula is C18H28IN5. The van der Waals surface area contributed by atoms with Crippen molar-refractivity contribution in [2.75, 3.05) is 20.6 Å². The van der Waals surface area contributed by atoms with E-state index in [1.165, 1.54) is 11.3 Å². The molecule has 0 atom stereocenters. The van der Waals surface area contributed by atoms with Gasteiger partial charge in [0.15, 0.2) is 5.96 Å². The first-order chi connectivity index (χ1) is 11.1. The third-order valence-electron chi connectivity index (χ3n) is 3.77. The Hall–Kier alpha value is -1.57. The molecule has 1 heterocycles. The van der Waals surface area contributed by atoms with Gasteiger partial charge in [0.2, 0.25) is 0 Å². The van der Waals surface area contributed by atoms with Crippen LogP contribution >= 0.6 is 24.0 Å². The Kier molecular flexibility index (Phi) is 8.81. The lowest BCUT2D eigenvalue weighted by Crippen LogP contribution is -2.39. The van der Waals surface area contributed by atoms with E-state index in [4.69, 9.17) is 0 Å². The van der Waals surface area contributed by atoms with E-state index in [1.807, 2.05) is 20.0 Å².